The summed E-state index contributed by atoms with van der Waals surface area (Å²) in [7, 11) is 0. The lowest BCUT2D eigenvalue weighted by Gasteiger charge is -2.17. The monoisotopic (exact) mass is 275 g/mol. The Morgan fingerprint density at radius 3 is 2.47 bits per heavy atom. The molecule has 0 aliphatic carbocycles. The second-order valence-electron chi connectivity index (χ2n) is 4.49. The third-order valence-corrected chi connectivity index (χ3v) is 3.57. The predicted octanol–water partition coefficient (Wildman–Crippen LogP) is 3.04. The normalized spacial score (nSPS) is 12.4. The summed E-state index contributed by atoms with van der Waals surface area (Å²) in [5.74, 6) is 5.65. The standard InChI is InChI=1S/C15H18ClN3/c1-2-11-3-5-12(6-4-11)9-15(19-17)13-7-8-18-10-14(13)16/h3-8,10,15,19H,2,9,17H2,1H3. The fourth-order valence-electron chi connectivity index (χ4n) is 2.07. The topological polar surface area (TPSA) is 50.9 Å². The minimum Gasteiger partial charge on any atom is -0.271 e. The van der Waals surface area contributed by atoms with Gasteiger partial charge in [0.15, 0.2) is 0 Å². The Kier molecular flexibility index (Phi) is 4.91. The van der Waals surface area contributed by atoms with Crippen LogP contribution in [0, 0.1) is 0 Å². The van der Waals surface area contributed by atoms with Gasteiger partial charge in [0.25, 0.3) is 0 Å². The Morgan fingerprint density at radius 1 is 1.21 bits per heavy atom. The third-order valence-electron chi connectivity index (χ3n) is 3.25. The molecule has 1 unspecified atom stereocenters. The lowest BCUT2D eigenvalue weighted by molar-refractivity contribution is 0.551. The summed E-state index contributed by atoms with van der Waals surface area (Å²) in [5.41, 5.74) is 6.36. The number of nitrogens with zero attached hydrogens (tertiary/aromatic N) is 1. The van der Waals surface area contributed by atoms with Gasteiger partial charge in [-0.25, -0.2) is 0 Å². The molecule has 0 bridgehead atoms. The van der Waals surface area contributed by atoms with E-state index in [1.807, 2.05) is 6.07 Å². The highest BCUT2D eigenvalue weighted by Gasteiger charge is 2.13. The summed E-state index contributed by atoms with van der Waals surface area (Å²) in [6.45, 7) is 2.15. The van der Waals surface area contributed by atoms with Crippen molar-refractivity contribution in [2.24, 2.45) is 5.84 Å². The molecule has 2 aromatic rings. The van der Waals surface area contributed by atoms with Crippen LogP contribution in [0.25, 0.3) is 0 Å². The van der Waals surface area contributed by atoms with E-state index in [0.29, 0.717) is 5.02 Å². The molecule has 0 aliphatic rings. The van der Waals surface area contributed by atoms with E-state index in [9.17, 15) is 0 Å². The number of hydrogen-bond acceptors (Lipinski definition) is 3. The number of halogens is 1. The zero-order chi connectivity index (χ0) is 13.7. The van der Waals surface area contributed by atoms with Gasteiger partial charge in [-0.3, -0.25) is 16.3 Å². The molecule has 0 spiro atoms. The zero-order valence-electron chi connectivity index (χ0n) is 10.9. The van der Waals surface area contributed by atoms with Gasteiger partial charge in [-0.05, 0) is 35.6 Å². The Balaban J connectivity index is 2.17. The summed E-state index contributed by atoms with van der Waals surface area (Å²) in [4.78, 5) is 3.99. The Hall–Kier alpha value is -1.42. The summed E-state index contributed by atoms with van der Waals surface area (Å²) < 4.78 is 0. The van der Waals surface area contributed by atoms with Gasteiger partial charge in [-0.2, -0.15) is 0 Å². The van der Waals surface area contributed by atoms with Gasteiger partial charge in [0.2, 0.25) is 0 Å². The van der Waals surface area contributed by atoms with Crippen LogP contribution in [0.4, 0.5) is 0 Å². The van der Waals surface area contributed by atoms with E-state index in [1.165, 1.54) is 11.1 Å². The van der Waals surface area contributed by atoms with E-state index >= 15 is 0 Å². The average molecular weight is 276 g/mol. The van der Waals surface area contributed by atoms with Gasteiger partial charge in [-0.15, -0.1) is 0 Å². The number of hydrazine groups is 1. The van der Waals surface area contributed by atoms with Gasteiger partial charge < -0.3 is 0 Å². The Bertz CT molecular complexity index is 525. The number of nitrogens with two attached hydrogens (primary N) is 1. The lowest BCUT2D eigenvalue weighted by Crippen LogP contribution is -2.29. The smallest absolute Gasteiger partial charge is 0.0637 e. The van der Waals surface area contributed by atoms with Crippen molar-refractivity contribution in [2.45, 2.75) is 25.8 Å². The number of pyridine rings is 1. The summed E-state index contributed by atoms with van der Waals surface area (Å²) in [6, 6.07) is 10.5. The molecule has 1 atom stereocenters. The van der Waals surface area contributed by atoms with Gasteiger partial charge in [0, 0.05) is 12.4 Å². The van der Waals surface area contributed by atoms with Crippen molar-refractivity contribution in [2.75, 3.05) is 0 Å². The van der Waals surface area contributed by atoms with E-state index < -0.39 is 0 Å². The van der Waals surface area contributed by atoms with E-state index in [1.54, 1.807) is 12.4 Å². The van der Waals surface area contributed by atoms with Gasteiger partial charge >= 0.3 is 0 Å². The van der Waals surface area contributed by atoms with Crippen LogP contribution in [-0.4, -0.2) is 4.98 Å². The fraction of sp³-hybridized carbons (Fsp3) is 0.267. The molecular formula is C15H18ClN3. The molecule has 3 N–H and O–H groups in total. The number of hydrogen-bond donors (Lipinski definition) is 2. The molecular weight excluding hydrogens is 258 g/mol. The lowest BCUT2D eigenvalue weighted by atomic mass is 9.99. The van der Waals surface area contributed by atoms with Crippen LogP contribution in [0.1, 0.15) is 29.7 Å². The van der Waals surface area contributed by atoms with Crippen LogP contribution in [0.15, 0.2) is 42.7 Å². The maximum Gasteiger partial charge on any atom is 0.0637 e. The quantitative estimate of drug-likeness (QED) is 0.651. The van der Waals surface area contributed by atoms with Crippen molar-refractivity contribution in [3.63, 3.8) is 0 Å². The molecule has 3 nitrogen and oxygen atoms in total. The van der Waals surface area contributed by atoms with Gasteiger partial charge in [-0.1, -0.05) is 42.8 Å². The molecule has 4 heteroatoms. The minimum absolute atomic E-state index is 0.0111. The van der Waals surface area contributed by atoms with E-state index in [2.05, 4.69) is 41.6 Å². The van der Waals surface area contributed by atoms with Crippen LogP contribution in [0.2, 0.25) is 5.02 Å². The first kappa shape index (κ1) is 14.0. The first-order valence-corrected chi connectivity index (χ1v) is 6.75. The highest BCUT2D eigenvalue weighted by atomic mass is 35.5. The van der Waals surface area contributed by atoms with Crippen molar-refractivity contribution >= 4 is 11.6 Å². The molecule has 0 saturated heterocycles. The highest BCUT2D eigenvalue weighted by molar-refractivity contribution is 6.31. The summed E-state index contributed by atoms with van der Waals surface area (Å²) in [6.07, 6.45) is 5.21. The van der Waals surface area contributed by atoms with Gasteiger partial charge in [0.05, 0.1) is 11.1 Å². The van der Waals surface area contributed by atoms with E-state index in [0.717, 1.165) is 18.4 Å². The van der Waals surface area contributed by atoms with E-state index in [-0.39, 0.29) is 6.04 Å². The molecule has 0 radical (unpaired) electrons. The minimum atomic E-state index is -0.0111. The van der Waals surface area contributed by atoms with Crippen molar-refractivity contribution in [1.29, 1.82) is 0 Å². The molecule has 0 saturated carbocycles. The van der Waals surface area contributed by atoms with Crippen LogP contribution in [0.3, 0.4) is 0 Å². The molecule has 19 heavy (non-hydrogen) atoms. The maximum atomic E-state index is 6.15. The number of aryl methyl sites for hydroxylation is 1. The second-order valence-corrected chi connectivity index (χ2v) is 4.90. The molecule has 100 valence electrons. The first-order chi connectivity index (χ1) is 9.24. The largest absolute Gasteiger partial charge is 0.271 e. The average Bonchev–Trinajstić information content (AvgIpc) is 2.46. The van der Waals surface area contributed by atoms with Gasteiger partial charge in [0.1, 0.15) is 0 Å². The van der Waals surface area contributed by atoms with Crippen molar-refractivity contribution in [3.8, 4) is 0 Å². The number of benzene rings is 1. The van der Waals surface area contributed by atoms with Crippen LogP contribution >= 0.6 is 11.6 Å². The van der Waals surface area contributed by atoms with Crippen molar-refractivity contribution in [1.82, 2.24) is 10.4 Å². The van der Waals surface area contributed by atoms with E-state index in [4.69, 9.17) is 17.4 Å². The maximum absolute atomic E-state index is 6.15. The fourth-order valence-corrected chi connectivity index (χ4v) is 2.33. The number of aromatic nitrogens is 1. The van der Waals surface area contributed by atoms with Crippen LogP contribution in [0.5, 0.6) is 0 Å². The molecule has 1 heterocycles. The van der Waals surface area contributed by atoms with Crippen LogP contribution in [-0.2, 0) is 12.8 Å². The molecule has 0 fully saturated rings. The molecule has 0 aliphatic heterocycles. The SMILES string of the molecule is CCc1ccc(CC(NN)c2ccncc2Cl)cc1. The predicted molar refractivity (Wildman–Crippen MR) is 78.8 cm³/mol. The Labute approximate surface area is 118 Å². The van der Waals surface area contributed by atoms with Crippen molar-refractivity contribution < 1.29 is 0 Å². The van der Waals surface area contributed by atoms with Crippen LogP contribution < -0.4 is 11.3 Å². The number of rotatable bonds is 5. The molecule has 0 amide bonds. The second kappa shape index (κ2) is 6.66. The highest BCUT2D eigenvalue weighted by Crippen LogP contribution is 2.24. The summed E-state index contributed by atoms with van der Waals surface area (Å²) in [5, 5.41) is 0.635. The number of nitrogens with one attached hydrogen (secondary N) is 1. The zero-order valence-corrected chi connectivity index (χ0v) is 11.7. The van der Waals surface area contributed by atoms with Crippen molar-refractivity contribution in [3.05, 3.63) is 64.4 Å². The Morgan fingerprint density at radius 2 is 1.89 bits per heavy atom. The molecule has 1 aromatic carbocycles. The summed E-state index contributed by atoms with van der Waals surface area (Å²) >= 11 is 6.15. The molecule has 1 aromatic heterocycles. The molecule has 2 rings (SSSR count). The first-order valence-electron chi connectivity index (χ1n) is 6.38. The third kappa shape index (κ3) is 3.53.